The monoisotopic (exact) mass is 379 g/mol. The number of fused-ring (bicyclic) bond motifs is 1. The summed E-state index contributed by atoms with van der Waals surface area (Å²) in [6.45, 7) is 2.38. The van der Waals surface area contributed by atoms with E-state index in [1.54, 1.807) is 0 Å². The maximum absolute atomic E-state index is 12.9. The summed E-state index contributed by atoms with van der Waals surface area (Å²) >= 11 is 0. The van der Waals surface area contributed by atoms with Crippen LogP contribution in [0, 0.1) is 0 Å². The third-order valence-corrected chi connectivity index (χ3v) is 5.10. The highest BCUT2D eigenvalue weighted by molar-refractivity contribution is 5.89. The van der Waals surface area contributed by atoms with E-state index in [4.69, 9.17) is 0 Å². The summed E-state index contributed by atoms with van der Waals surface area (Å²) in [6.07, 6.45) is -2.19. The van der Waals surface area contributed by atoms with Crippen LogP contribution in [0.15, 0.2) is 35.1 Å². The van der Waals surface area contributed by atoms with Crippen molar-refractivity contribution in [1.82, 2.24) is 4.57 Å². The fraction of sp³-hybridized carbons (Fsp3) is 0.400. The first kappa shape index (κ1) is 19.2. The molecule has 1 aliphatic rings. The predicted molar refractivity (Wildman–Crippen MR) is 94.2 cm³/mol. The van der Waals surface area contributed by atoms with Crippen LogP contribution in [0.25, 0.3) is 0 Å². The van der Waals surface area contributed by atoms with Crippen LogP contribution in [0.1, 0.15) is 64.8 Å². The molecule has 27 heavy (non-hydrogen) atoms. The van der Waals surface area contributed by atoms with E-state index in [1.807, 2.05) is 6.92 Å². The normalized spacial score (nSPS) is 16.8. The molecule has 2 aromatic rings. The van der Waals surface area contributed by atoms with Crippen LogP contribution < -0.4 is 5.56 Å². The topological polar surface area (TPSA) is 59.3 Å². The van der Waals surface area contributed by atoms with Gasteiger partial charge in [0.2, 0.25) is 0 Å². The molecule has 7 heteroatoms. The second kappa shape index (κ2) is 7.21. The van der Waals surface area contributed by atoms with Gasteiger partial charge in [-0.25, -0.2) is 4.79 Å². The summed E-state index contributed by atoms with van der Waals surface area (Å²) in [5.74, 6) is -1.12. The molecule has 0 fully saturated rings. The standard InChI is InChI=1S/C20H20F3NO3/c1-2-13-6-4-8-24-17(13)16(19(26)27)11-14(18(24)25)9-12-5-3-7-15(10-12)20(21,22)23/h3,5,7,10-11,13H,2,4,6,8-9H2,1H3,(H,26,27). The van der Waals surface area contributed by atoms with Crippen LogP contribution in [0.4, 0.5) is 13.2 Å². The number of carbonyl (C=O) groups is 1. The fourth-order valence-electron chi connectivity index (χ4n) is 3.81. The number of halogens is 3. The molecule has 0 aliphatic carbocycles. The van der Waals surface area contributed by atoms with Gasteiger partial charge in [-0.2, -0.15) is 13.2 Å². The van der Waals surface area contributed by atoms with Crippen molar-refractivity contribution in [2.45, 2.75) is 51.2 Å². The Kier molecular flexibility index (Phi) is 5.13. The zero-order valence-electron chi connectivity index (χ0n) is 14.8. The molecule has 2 heterocycles. The summed E-state index contributed by atoms with van der Waals surface area (Å²) in [4.78, 5) is 24.7. The summed E-state index contributed by atoms with van der Waals surface area (Å²) < 4.78 is 40.3. The molecule has 0 bridgehead atoms. The Morgan fingerprint density at radius 1 is 1.30 bits per heavy atom. The molecule has 0 spiro atoms. The van der Waals surface area contributed by atoms with Gasteiger partial charge in [-0.05, 0) is 42.9 Å². The van der Waals surface area contributed by atoms with E-state index in [0.29, 0.717) is 17.8 Å². The number of aromatic carboxylic acids is 1. The maximum atomic E-state index is 12.9. The van der Waals surface area contributed by atoms with Crippen LogP contribution in [0.2, 0.25) is 0 Å². The summed E-state index contributed by atoms with van der Waals surface area (Å²) in [6, 6.07) is 6.11. The average Bonchev–Trinajstić information content (AvgIpc) is 2.62. The highest BCUT2D eigenvalue weighted by Gasteiger charge is 2.31. The van der Waals surface area contributed by atoms with Gasteiger partial charge in [-0.15, -0.1) is 0 Å². The molecule has 1 unspecified atom stereocenters. The number of hydrogen-bond acceptors (Lipinski definition) is 2. The van der Waals surface area contributed by atoms with Gasteiger partial charge >= 0.3 is 12.1 Å². The van der Waals surface area contributed by atoms with E-state index < -0.39 is 17.7 Å². The smallest absolute Gasteiger partial charge is 0.416 e. The highest BCUT2D eigenvalue weighted by atomic mass is 19.4. The minimum atomic E-state index is -4.47. The minimum absolute atomic E-state index is 0.000146. The number of benzene rings is 1. The number of pyridine rings is 1. The van der Waals surface area contributed by atoms with Crippen molar-refractivity contribution in [3.63, 3.8) is 0 Å². The predicted octanol–water partition coefficient (Wildman–Crippen LogP) is 4.44. The Morgan fingerprint density at radius 2 is 2.04 bits per heavy atom. The second-order valence-corrected chi connectivity index (χ2v) is 6.85. The number of rotatable bonds is 4. The largest absolute Gasteiger partial charge is 0.478 e. The molecule has 1 aliphatic heterocycles. The Hall–Kier alpha value is -2.57. The molecule has 0 amide bonds. The summed E-state index contributed by atoms with van der Waals surface area (Å²) in [5, 5.41) is 9.62. The van der Waals surface area contributed by atoms with Crippen LogP contribution >= 0.6 is 0 Å². The minimum Gasteiger partial charge on any atom is -0.478 e. The molecule has 3 rings (SSSR count). The molecule has 144 valence electrons. The van der Waals surface area contributed by atoms with Crippen LogP contribution in [0.5, 0.6) is 0 Å². The lowest BCUT2D eigenvalue weighted by Crippen LogP contribution is -2.33. The fourth-order valence-corrected chi connectivity index (χ4v) is 3.81. The summed E-state index contributed by atoms with van der Waals surface area (Å²) in [7, 11) is 0. The summed E-state index contributed by atoms with van der Waals surface area (Å²) in [5.41, 5.74) is 0.0270. The molecule has 1 N–H and O–H groups in total. The van der Waals surface area contributed by atoms with Crippen molar-refractivity contribution >= 4 is 5.97 Å². The van der Waals surface area contributed by atoms with E-state index in [2.05, 4.69) is 0 Å². The number of carboxylic acids is 1. The van der Waals surface area contributed by atoms with Gasteiger partial charge in [0, 0.05) is 24.2 Å². The number of hydrogen-bond donors (Lipinski definition) is 1. The van der Waals surface area contributed by atoms with E-state index in [9.17, 15) is 27.9 Å². The lowest BCUT2D eigenvalue weighted by molar-refractivity contribution is -0.137. The van der Waals surface area contributed by atoms with E-state index >= 15 is 0 Å². The van der Waals surface area contributed by atoms with Crippen molar-refractivity contribution in [3.8, 4) is 0 Å². The van der Waals surface area contributed by atoms with Crippen molar-refractivity contribution in [1.29, 1.82) is 0 Å². The molecular formula is C20H20F3NO3. The number of aromatic nitrogens is 1. The highest BCUT2D eigenvalue weighted by Crippen LogP contribution is 2.32. The molecule has 1 atom stereocenters. The molecule has 0 saturated heterocycles. The van der Waals surface area contributed by atoms with Gasteiger partial charge in [0.25, 0.3) is 5.56 Å². The zero-order valence-corrected chi connectivity index (χ0v) is 14.8. The van der Waals surface area contributed by atoms with Crippen molar-refractivity contribution in [2.75, 3.05) is 0 Å². The van der Waals surface area contributed by atoms with Crippen LogP contribution in [-0.4, -0.2) is 15.6 Å². The Morgan fingerprint density at radius 3 is 2.67 bits per heavy atom. The number of alkyl halides is 3. The Balaban J connectivity index is 2.09. The molecule has 0 radical (unpaired) electrons. The van der Waals surface area contributed by atoms with Gasteiger partial charge in [-0.1, -0.05) is 25.1 Å². The first-order valence-electron chi connectivity index (χ1n) is 8.88. The van der Waals surface area contributed by atoms with Gasteiger partial charge in [-0.3, -0.25) is 4.79 Å². The van der Waals surface area contributed by atoms with Crippen LogP contribution in [0.3, 0.4) is 0 Å². The van der Waals surface area contributed by atoms with Gasteiger partial charge in [0.1, 0.15) is 0 Å². The molecular weight excluding hydrogens is 359 g/mol. The molecule has 1 aromatic heterocycles. The van der Waals surface area contributed by atoms with E-state index in [-0.39, 0.29) is 29.0 Å². The lowest BCUT2D eigenvalue weighted by Gasteiger charge is -2.28. The molecule has 0 saturated carbocycles. The van der Waals surface area contributed by atoms with Crippen LogP contribution in [-0.2, 0) is 19.1 Å². The Bertz CT molecular complexity index is 931. The third kappa shape index (κ3) is 3.77. The first-order valence-corrected chi connectivity index (χ1v) is 8.88. The maximum Gasteiger partial charge on any atom is 0.416 e. The zero-order chi connectivity index (χ0) is 19.8. The molecule has 4 nitrogen and oxygen atoms in total. The second-order valence-electron chi connectivity index (χ2n) is 6.85. The number of nitrogens with zero attached hydrogens (tertiary/aromatic N) is 1. The Labute approximate surface area is 154 Å². The van der Waals surface area contributed by atoms with Gasteiger partial charge < -0.3 is 9.67 Å². The van der Waals surface area contributed by atoms with Gasteiger partial charge in [0.05, 0.1) is 11.1 Å². The number of carboxylic acid groups (broad SMARTS) is 1. The van der Waals surface area contributed by atoms with Crippen molar-refractivity contribution < 1.29 is 23.1 Å². The average molecular weight is 379 g/mol. The third-order valence-electron chi connectivity index (χ3n) is 5.10. The van der Waals surface area contributed by atoms with E-state index in [1.165, 1.54) is 22.8 Å². The first-order chi connectivity index (χ1) is 12.7. The van der Waals surface area contributed by atoms with E-state index in [0.717, 1.165) is 31.4 Å². The van der Waals surface area contributed by atoms with Crippen molar-refractivity contribution in [2.24, 2.45) is 0 Å². The lowest BCUT2D eigenvalue weighted by atomic mass is 9.88. The molecule has 1 aromatic carbocycles. The van der Waals surface area contributed by atoms with Gasteiger partial charge in [0.15, 0.2) is 0 Å². The SMILES string of the molecule is CCC1CCCn2c1c(C(=O)O)cc(Cc1cccc(C(F)(F)F)c1)c2=O. The van der Waals surface area contributed by atoms with Crippen molar-refractivity contribution in [3.05, 3.63) is 68.6 Å². The quantitative estimate of drug-likeness (QED) is 0.854.